The maximum absolute atomic E-state index is 12.5. The number of hydrogen-bond donors (Lipinski definition) is 1. The highest BCUT2D eigenvalue weighted by molar-refractivity contribution is 5.99. The summed E-state index contributed by atoms with van der Waals surface area (Å²) < 4.78 is 6.96. The number of carbonyl (C=O) groups excluding carboxylic acids is 1. The Labute approximate surface area is 127 Å². The molecule has 2 aliphatic rings. The molecule has 0 saturated carbocycles. The summed E-state index contributed by atoms with van der Waals surface area (Å²) >= 11 is 0. The molecule has 1 atom stereocenters. The van der Waals surface area contributed by atoms with Gasteiger partial charge in [-0.05, 0) is 41.0 Å². The molecule has 1 unspecified atom stereocenters. The predicted octanol–water partition coefficient (Wildman–Crippen LogP) is 1.70. The molecule has 7 nitrogen and oxygen atoms in total. The van der Waals surface area contributed by atoms with E-state index in [0.717, 1.165) is 35.4 Å². The summed E-state index contributed by atoms with van der Waals surface area (Å²) in [6.45, 7) is 0. The summed E-state index contributed by atoms with van der Waals surface area (Å²) in [5.41, 5.74) is 2.64. The largest absolute Gasteiger partial charge is 0.497 e. The van der Waals surface area contributed by atoms with Crippen LogP contribution < -0.4 is 10.1 Å². The number of ketones is 1. The molecule has 2 heterocycles. The first-order valence-electron chi connectivity index (χ1n) is 7.23. The number of aromatic nitrogens is 4. The molecule has 2 aromatic rings. The fraction of sp³-hybridized carbons (Fsp3) is 0.333. The Kier molecular flexibility index (Phi) is 2.92. The number of ether oxygens (including phenoxy) is 1. The van der Waals surface area contributed by atoms with Gasteiger partial charge in [0.2, 0.25) is 5.95 Å². The summed E-state index contributed by atoms with van der Waals surface area (Å²) in [5, 5.41) is 15.0. The number of tetrazole rings is 1. The minimum Gasteiger partial charge on any atom is -0.497 e. The van der Waals surface area contributed by atoms with Crippen LogP contribution in [0.5, 0.6) is 5.75 Å². The zero-order chi connectivity index (χ0) is 15.1. The molecular weight excluding hydrogens is 282 g/mol. The van der Waals surface area contributed by atoms with Crippen LogP contribution >= 0.6 is 0 Å². The lowest BCUT2D eigenvalue weighted by Gasteiger charge is -2.31. The fourth-order valence-corrected chi connectivity index (χ4v) is 3.14. The number of Topliss-reactive ketones (excluding diaryl/α,β-unsaturated/α-hetero) is 1. The molecule has 4 rings (SSSR count). The molecule has 0 spiro atoms. The number of carbonyl (C=O) groups is 1. The van der Waals surface area contributed by atoms with Crippen molar-refractivity contribution in [2.75, 3.05) is 12.4 Å². The number of benzene rings is 1. The number of nitrogens with one attached hydrogen (secondary N) is 1. The third kappa shape index (κ3) is 1.89. The highest BCUT2D eigenvalue weighted by Crippen LogP contribution is 2.39. The molecule has 0 amide bonds. The third-order valence-electron chi connectivity index (χ3n) is 4.14. The van der Waals surface area contributed by atoms with Gasteiger partial charge in [0.25, 0.3) is 0 Å². The average Bonchev–Trinajstić information content (AvgIpc) is 3.01. The summed E-state index contributed by atoms with van der Waals surface area (Å²) in [7, 11) is 1.63. The second-order valence-electron chi connectivity index (χ2n) is 5.42. The van der Waals surface area contributed by atoms with Crippen LogP contribution in [-0.4, -0.2) is 33.1 Å². The van der Waals surface area contributed by atoms with Crippen molar-refractivity contribution in [2.24, 2.45) is 0 Å². The number of methoxy groups -OCH3 is 1. The molecule has 112 valence electrons. The predicted molar refractivity (Wildman–Crippen MR) is 78.5 cm³/mol. The average molecular weight is 297 g/mol. The molecule has 0 saturated heterocycles. The van der Waals surface area contributed by atoms with Gasteiger partial charge in [-0.25, -0.2) is 0 Å². The van der Waals surface area contributed by atoms with Crippen LogP contribution in [0.25, 0.3) is 0 Å². The van der Waals surface area contributed by atoms with E-state index in [1.807, 2.05) is 24.3 Å². The summed E-state index contributed by atoms with van der Waals surface area (Å²) in [6.07, 6.45) is 2.27. The molecule has 1 aromatic heterocycles. The lowest BCUT2D eigenvalue weighted by Crippen LogP contribution is -2.31. The Hall–Kier alpha value is -2.70. The number of anilines is 1. The third-order valence-corrected chi connectivity index (χ3v) is 4.14. The Bertz CT molecular complexity index is 780. The number of rotatable bonds is 2. The molecule has 0 radical (unpaired) electrons. The van der Waals surface area contributed by atoms with Gasteiger partial charge in [0, 0.05) is 17.7 Å². The fourth-order valence-electron chi connectivity index (χ4n) is 3.14. The van der Waals surface area contributed by atoms with Crippen LogP contribution in [0, 0.1) is 0 Å². The second-order valence-corrected chi connectivity index (χ2v) is 5.42. The zero-order valence-electron chi connectivity index (χ0n) is 12.1. The van der Waals surface area contributed by atoms with E-state index in [1.165, 1.54) is 0 Å². The Morgan fingerprint density at radius 2 is 2.27 bits per heavy atom. The quantitative estimate of drug-likeness (QED) is 0.908. The minimum absolute atomic E-state index is 0.155. The van der Waals surface area contributed by atoms with Crippen molar-refractivity contribution >= 4 is 11.7 Å². The van der Waals surface area contributed by atoms with Gasteiger partial charge in [0.15, 0.2) is 5.78 Å². The molecule has 22 heavy (non-hydrogen) atoms. The van der Waals surface area contributed by atoms with Crippen LogP contribution in [0.15, 0.2) is 35.5 Å². The normalized spacial score (nSPS) is 20.2. The van der Waals surface area contributed by atoms with Crippen molar-refractivity contribution in [1.82, 2.24) is 20.2 Å². The lowest BCUT2D eigenvalue weighted by atomic mass is 9.85. The van der Waals surface area contributed by atoms with E-state index in [0.29, 0.717) is 12.4 Å². The summed E-state index contributed by atoms with van der Waals surface area (Å²) in [5.74, 6) is 1.47. The molecular formula is C15H15N5O2. The first kappa shape index (κ1) is 13.0. The Morgan fingerprint density at radius 1 is 1.36 bits per heavy atom. The molecule has 0 bridgehead atoms. The molecule has 1 aliphatic carbocycles. The number of nitrogens with zero attached hydrogens (tertiary/aromatic N) is 4. The molecule has 7 heteroatoms. The maximum atomic E-state index is 12.5. The minimum atomic E-state index is -0.302. The summed E-state index contributed by atoms with van der Waals surface area (Å²) in [4.78, 5) is 12.5. The standard InChI is InChI=1S/C15H15N5O2/c1-22-10-5-2-4-9(8-10)14-13-11(6-3-7-12(13)21)16-15-17-18-19-20(14)15/h2,4-5,8,14H,3,6-7H2,1H3,(H,16,17,19). The molecule has 1 N–H and O–H groups in total. The van der Waals surface area contributed by atoms with Gasteiger partial charge in [-0.3, -0.25) is 4.79 Å². The van der Waals surface area contributed by atoms with Crippen molar-refractivity contribution in [1.29, 1.82) is 0 Å². The van der Waals surface area contributed by atoms with E-state index in [-0.39, 0.29) is 11.8 Å². The first-order valence-corrected chi connectivity index (χ1v) is 7.23. The van der Waals surface area contributed by atoms with Crippen LogP contribution in [-0.2, 0) is 4.79 Å². The van der Waals surface area contributed by atoms with Crippen molar-refractivity contribution in [3.8, 4) is 5.75 Å². The first-order chi connectivity index (χ1) is 10.8. The van der Waals surface area contributed by atoms with Gasteiger partial charge in [-0.1, -0.05) is 17.2 Å². The van der Waals surface area contributed by atoms with E-state index in [4.69, 9.17) is 4.74 Å². The van der Waals surface area contributed by atoms with Crippen molar-refractivity contribution in [3.05, 3.63) is 41.1 Å². The van der Waals surface area contributed by atoms with E-state index in [1.54, 1.807) is 11.8 Å². The van der Waals surface area contributed by atoms with Crippen molar-refractivity contribution in [2.45, 2.75) is 25.3 Å². The van der Waals surface area contributed by atoms with E-state index in [9.17, 15) is 4.79 Å². The van der Waals surface area contributed by atoms with Gasteiger partial charge in [0.05, 0.1) is 7.11 Å². The highest BCUT2D eigenvalue weighted by atomic mass is 16.5. The Morgan fingerprint density at radius 3 is 3.14 bits per heavy atom. The number of hydrogen-bond acceptors (Lipinski definition) is 6. The Balaban J connectivity index is 1.90. The zero-order valence-corrected chi connectivity index (χ0v) is 12.1. The number of fused-ring (bicyclic) bond motifs is 1. The van der Waals surface area contributed by atoms with Gasteiger partial charge >= 0.3 is 0 Å². The van der Waals surface area contributed by atoms with Gasteiger partial charge in [0.1, 0.15) is 11.8 Å². The van der Waals surface area contributed by atoms with E-state index in [2.05, 4.69) is 20.8 Å². The van der Waals surface area contributed by atoms with Crippen LogP contribution in [0.3, 0.4) is 0 Å². The second kappa shape index (κ2) is 4.94. The van der Waals surface area contributed by atoms with E-state index < -0.39 is 0 Å². The summed E-state index contributed by atoms with van der Waals surface area (Å²) in [6, 6.07) is 7.38. The molecule has 1 aliphatic heterocycles. The van der Waals surface area contributed by atoms with Crippen molar-refractivity contribution < 1.29 is 9.53 Å². The monoisotopic (exact) mass is 297 g/mol. The SMILES string of the molecule is COc1cccc(C2C3=C(CCCC3=O)Nc3nnnn32)c1. The lowest BCUT2D eigenvalue weighted by molar-refractivity contribution is -0.116. The van der Waals surface area contributed by atoms with E-state index >= 15 is 0 Å². The molecule has 0 fully saturated rings. The van der Waals surface area contributed by atoms with Crippen molar-refractivity contribution in [3.63, 3.8) is 0 Å². The number of allylic oxidation sites excluding steroid dienone is 2. The van der Waals surface area contributed by atoms with Crippen LogP contribution in [0.4, 0.5) is 5.95 Å². The van der Waals surface area contributed by atoms with Gasteiger partial charge < -0.3 is 10.1 Å². The van der Waals surface area contributed by atoms with Gasteiger partial charge in [-0.2, -0.15) is 4.68 Å². The van der Waals surface area contributed by atoms with Gasteiger partial charge in [-0.15, -0.1) is 0 Å². The smallest absolute Gasteiger partial charge is 0.248 e. The molecule has 1 aromatic carbocycles. The highest BCUT2D eigenvalue weighted by Gasteiger charge is 2.36. The topological polar surface area (TPSA) is 81.9 Å². The van der Waals surface area contributed by atoms with Crippen LogP contribution in [0.1, 0.15) is 30.9 Å². The maximum Gasteiger partial charge on any atom is 0.248 e. The van der Waals surface area contributed by atoms with Crippen LogP contribution in [0.2, 0.25) is 0 Å².